The Bertz CT molecular complexity index is 540. The minimum atomic E-state index is 0.882. The predicted octanol–water partition coefficient (Wildman–Crippen LogP) is 8.82. The molecule has 0 radical (unpaired) electrons. The predicted molar refractivity (Wildman–Crippen MR) is 128 cm³/mol. The van der Waals surface area contributed by atoms with Crippen LogP contribution in [0.15, 0.2) is 35.5 Å². The first kappa shape index (κ1) is 21.7. The van der Waals surface area contributed by atoms with Crippen molar-refractivity contribution in [1.29, 1.82) is 0 Å². The minimum Gasteiger partial charge on any atom is -0.0826 e. The van der Waals surface area contributed by atoms with Crippen molar-refractivity contribution >= 4 is 22.6 Å². The number of fused-ring (bicyclic) bond motifs is 1. The third-order valence-electron chi connectivity index (χ3n) is 7.50. The van der Waals surface area contributed by atoms with Crippen LogP contribution < -0.4 is 0 Å². The number of rotatable bonds is 7. The number of halogens is 1. The summed E-state index contributed by atoms with van der Waals surface area (Å²) in [5.74, 6) is 3.80. The van der Waals surface area contributed by atoms with Gasteiger partial charge in [0.2, 0.25) is 0 Å². The Labute approximate surface area is 182 Å². The van der Waals surface area contributed by atoms with Gasteiger partial charge in [-0.25, -0.2) is 0 Å². The van der Waals surface area contributed by atoms with Gasteiger partial charge in [-0.3, -0.25) is 0 Å². The van der Waals surface area contributed by atoms with Crippen LogP contribution in [0.5, 0.6) is 0 Å². The summed E-state index contributed by atoms with van der Waals surface area (Å²) in [6, 6.07) is 0. The molecular weight excluding hydrogens is 439 g/mol. The van der Waals surface area contributed by atoms with E-state index in [4.69, 9.17) is 0 Å². The zero-order valence-electron chi connectivity index (χ0n) is 17.8. The van der Waals surface area contributed by atoms with Gasteiger partial charge in [0.15, 0.2) is 0 Å². The first-order chi connectivity index (χ1) is 13.2. The maximum atomic E-state index is 2.70. The summed E-state index contributed by atoms with van der Waals surface area (Å²) in [5.41, 5.74) is 3.22. The van der Waals surface area contributed by atoms with Crippen molar-refractivity contribution in [3.63, 3.8) is 0 Å². The Balaban J connectivity index is 1.54. The Morgan fingerprint density at radius 1 is 1.11 bits per heavy atom. The second kappa shape index (κ2) is 11.2. The van der Waals surface area contributed by atoms with E-state index >= 15 is 0 Å². The Hall–Kier alpha value is -0.0500. The lowest BCUT2D eigenvalue weighted by Crippen LogP contribution is -2.24. The third kappa shape index (κ3) is 6.47. The van der Waals surface area contributed by atoms with Gasteiger partial charge in [0.05, 0.1) is 0 Å². The summed E-state index contributed by atoms with van der Waals surface area (Å²) >= 11 is 2.70. The molecule has 0 heterocycles. The molecule has 0 amide bonds. The zero-order valence-corrected chi connectivity index (χ0v) is 19.9. The molecular formula is C26H41I. The van der Waals surface area contributed by atoms with Crippen molar-refractivity contribution in [2.24, 2.45) is 23.7 Å². The Kier molecular flexibility index (Phi) is 9.00. The van der Waals surface area contributed by atoms with Crippen molar-refractivity contribution < 1.29 is 0 Å². The average Bonchev–Trinajstić information content (AvgIpc) is 2.68. The molecule has 1 heteroatoms. The molecule has 2 fully saturated rings. The lowest BCUT2D eigenvalue weighted by atomic mass is 9.72. The number of hydrogen-bond acceptors (Lipinski definition) is 0. The van der Waals surface area contributed by atoms with Crippen LogP contribution >= 0.6 is 22.6 Å². The van der Waals surface area contributed by atoms with Crippen LogP contribution in [0.25, 0.3) is 0 Å². The summed E-state index contributed by atoms with van der Waals surface area (Å²) in [4.78, 5) is 0. The largest absolute Gasteiger partial charge is 0.0826 e. The Morgan fingerprint density at radius 3 is 2.78 bits per heavy atom. The smallest absolute Gasteiger partial charge is 0.0112 e. The summed E-state index contributed by atoms with van der Waals surface area (Å²) in [7, 11) is 0. The van der Waals surface area contributed by atoms with E-state index in [0.29, 0.717) is 0 Å². The fourth-order valence-electron chi connectivity index (χ4n) is 5.93. The zero-order chi connectivity index (χ0) is 19.1. The molecule has 0 aromatic carbocycles. The molecule has 0 nitrogen and oxygen atoms in total. The van der Waals surface area contributed by atoms with Gasteiger partial charge in [0, 0.05) is 3.92 Å². The molecule has 3 aliphatic rings. The normalized spacial score (nSPS) is 36.0. The van der Waals surface area contributed by atoms with E-state index in [-0.39, 0.29) is 0 Å². The summed E-state index contributed by atoms with van der Waals surface area (Å²) in [5, 5.41) is 0. The molecule has 152 valence electrons. The van der Waals surface area contributed by atoms with E-state index in [1.807, 2.05) is 0 Å². The molecule has 5 atom stereocenters. The van der Waals surface area contributed by atoms with Crippen LogP contribution in [-0.4, -0.2) is 3.92 Å². The quantitative estimate of drug-likeness (QED) is 0.252. The summed E-state index contributed by atoms with van der Waals surface area (Å²) < 4.78 is 0.930. The topological polar surface area (TPSA) is 0 Å². The fraction of sp³-hybridized carbons (Fsp3) is 0.769. The third-order valence-corrected chi connectivity index (χ3v) is 8.63. The van der Waals surface area contributed by atoms with Crippen molar-refractivity contribution in [3.05, 3.63) is 35.5 Å². The molecule has 3 rings (SSSR count). The van der Waals surface area contributed by atoms with Crippen LogP contribution in [0.1, 0.15) is 97.3 Å². The maximum absolute atomic E-state index is 2.70. The molecule has 0 N–H and O–H groups in total. The van der Waals surface area contributed by atoms with Gasteiger partial charge in [0.25, 0.3) is 0 Å². The SMILES string of the molecule is CC/C=C(\C=C1\C=C[C@H]2CCCCC2C1)CCCC1CC(I)CCC1CC. The highest BCUT2D eigenvalue weighted by atomic mass is 127. The van der Waals surface area contributed by atoms with Crippen molar-refractivity contribution in [1.82, 2.24) is 0 Å². The molecule has 2 saturated carbocycles. The van der Waals surface area contributed by atoms with Crippen LogP contribution in [0.4, 0.5) is 0 Å². The Morgan fingerprint density at radius 2 is 1.96 bits per heavy atom. The molecule has 4 unspecified atom stereocenters. The van der Waals surface area contributed by atoms with Crippen molar-refractivity contribution in [3.8, 4) is 0 Å². The van der Waals surface area contributed by atoms with Gasteiger partial charge >= 0.3 is 0 Å². The highest BCUT2D eigenvalue weighted by Gasteiger charge is 2.28. The standard InChI is InChI=1S/C26H41I/c1-3-8-20(9-7-12-25-19-26(27)16-15-22(25)4-2)17-21-13-14-23-10-5-6-11-24(23)18-21/h8,13-14,17,22-26H,3-7,9-12,15-16,18-19H2,1-2H3/b20-8-,21-17-/t22?,23-,24?,25?,26?/m1/s1. The van der Waals surface area contributed by atoms with Gasteiger partial charge in [-0.15, -0.1) is 0 Å². The van der Waals surface area contributed by atoms with E-state index in [2.05, 4.69) is 60.7 Å². The van der Waals surface area contributed by atoms with E-state index in [9.17, 15) is 0 Å². The molecule has 0 aromatic heterocycles. The van der Waals surface area contributed by atoms with Crippen molar-refractivity contribution in [2.45, 2.75) is 101 Å². The van der Waals surface area contributed by atoms with E-state index in [1.54, 1.807) is 11.1 Å². The van der Waals surface area contributed by atoms with Gasteiger partial charge in [-0.05, 0) is 93.5 Å². The second-order valence-corrected chi connectivity index (χ2v) is 11.2. The molecule has 3 aliphatic carbocycles. The minimum absolute atomic E-state index is 0.882. The first-order valence-corrected chi connectivity index (χ1v) is 13.2. The van der Waals surface area contributed by atoms with Crippen LogP contribution in [0, 0.1) is 23.7 Å². The highest BCUT2D eigenvalue weighted by molar-refractivity contribution is 14.1. The van der Waals surface area contributed by atoms with E-state index in [1.165, 1.54) is 83.5 Å². The van der Waals surface area contributed by atoms with Gasteiger partial charge in [-0.1, -0.05) is 85.6 Å². The molecule has 0 bridgehead atoms. The lowest BCUT2D eigenvalue weighted by Gasteiger charge is -2.34. The van der Waals surface area contributed by atoms with Gasteiger partial charge in [-0.2, -0.15) is 0 Å². The second-order valence-electron chi connectivity index (χ2n) is 9.41. The number of allylic oxidation sites excluding steroid dienone is 6. The van der Waals surface area contributed by atoms with Crippen molar-refractivity contribution in [2.75, 3.05) is 0 Å². The lowest BCUT2D eigenvalue weighted by molar-refractivity contribution is 0.223. The van der Waals surface area contributed by atoms with E-state index < -0.39 is 0 Å². The average molecular weight is 481 g/mol. The number of alkyl halides is 1. The van der Waals surface area contributed by atoms with Gasteiger partial charge < -0.3 is 0 Å². The summed E-state index contributed by atoms with van der Waals surface area (Å²) in [6.07, 6.45) is 28.3. The fourth-order valence-corrected chi connectivity index (χ4v) is 6.94. The van der Waals surface area contributed by atoms with Crippen LogP contribution in [0.3, 0.4) is 0 Å². The number of hydrogen-bond donors (Lipinski definition) is 0. The van der Waals surface area contributed by atoms with Crippen LogP contribution in [-0.2, 0) is 0 Å². The van der Waals surface area contributed by atoms with Gasteiger partial charge in [0.1, 0.15) is 0 Å². The highest BCUT2D eigenvalue weighted by Crippen LogP contribution is 2.40. The molecule has 0 saturated heterocycles. The summed E-state index contributed by atoms with van der Waals surface area (Å²) in [6.45, 7) is 4.70. The molecule has 27 heavy (non-hydrogen) atoms. The van der Waals surface area contributed by atoms with Crippen LogP contribution in [0.2, 0.25) is 0 Å². The molecule has 0 aromatic rings. The molecule has 0 aliphatic heterocycles. The van der Waals surface area contributed by atoms with E-state index in [0.717, 1.165) is 27.6 Å². The molecule has 0 spiro atoms. The maximum Gasteiger partial charge on any atom is 0.0112 e. The first-order valence-electron chi connectivity index (χ1n) is 11.9. The monoisotopic (exact) mass is 480 g/mol.